The molecule has 0 aliphatic rings. The van der Waals surface area contributed by atoms with E-state index in [-0.39, 0.29) is 7.43 Å². The third-order valence-electron chi connectivity index (χ3n) is 13.9. The van der Waals surface area contributed by atoms with Gasteiger partial charge in [0.25, 0.3) is 0 Å². The van der Waals surface area contributed by atoms with Crippen LogP contribution in [-0.4, -0.2) is 50.1 Å². The van der Waals surface area contributed by atoms with E-state index in [4.69, 9.17) is 0 Å². The summed E-state index contributed by atoms with van der Waals surface area (Å²) in [7, 11) is 0. The highest BCUT2D eigenvalue weighted by atomic mass is 15.1. The first kappa shape index (κ1) is 126. The van der Waals surface area contributed by atoms with Crippen molar-refractivity contribution in [3.63, 3.8) is 0 Å². The minimum Gasteiger partial charge on any atom is -0.261 e. The van der Waals surface area contributed by atoms with Gasteiger partial charge in [-0.15, -0.1) is 0 Å². The van der Waals surface area contributed by atoms with Gasteiger partial charge in [-0.05, 0) is 140 Å². The van der Waals surface area contributed by atoms with Crippen molar-refractivity contribution in [3.05, 3.63) is 189 Å². The quantitative estimate of drug-likeness (QED) is 0.104. The molecule has 6 heterocycles. The van der Waals surface area contributed by atoms with Gasteiger partial charge in [-0.2, -0.15) is 10.2 Å². The average Bonchev–Trinajstić information content (AvgIpc) is 0.945. The number of hydrogen-bond donors (Lipinski definition) is 0. The first-order valence-electron chi connectivity index (χ1n) is 43.0. The summed E-state index contributed by atoms with van der Waals surface area (Å²) in [6.45, 7) is 105. The second-order valence-electron chi connectivity index (χ2n) is 29.8. The van der Waals surface area contributed by atoms with E-state index in [2.05, 4.69) is 346 Å². The fourth-order valence-corrected chi connectivity index (χ4v) is 7.27. The van der Waals surface area contributed by atoms with Crippen LogP contribution in [0.2, 0.25) is 0 Å². The summed E-state index contributed by atoms with van der Waals surface area (Å²) >= 11 is 0. The lowest BCUT2D eigenvalue weighted by Crippen LogP contribution is -1.99. The molecule has 0 spiro atoms. The van der Waals surface area contributed by atoms with E-state index < -0.39 is 0 Å². The van der Waals surface area contributed by atoms with Crippen LogP contribution in [0.15, 0.2) is 110 Å². The van der Waals surface area contributed by atoms with Gasteiger partial charge in [-0.1, -0.05) is 390 Å². The molecule has 634 valence electrons. The summed E-state index contributed by atoms with van der Waals surface area (Å²) in [6, 6.07) is 21.7. The zero-order chi connectivity index (χ0) is 87.1. The number of benzene rings is 1. The first-order valence-corrected chi connectivity index (χ1v) is 43.0. The van der Waals surface area contributed by atoms with Crippen molar-refractivity contribution in [3.8, 4) is 0 Å². The van der Waals surface area contributed by atoms with Crippen molar-refractivity contribution >= 4 is 0 Å². The number of aromatic nitrogens is 10. The van der Waals surface area contributed by atoms with Gasteiger partial charge < -0.3 is 0 Å². The Bertz CT molecular complexity index is 2100. The van der Waals surface area contributed by atoms with Crippen molar-refractivity contribution < 1.29 is 0 Å². The van der Waals surface area contributed by atoms with Gasteiger partial charge in [0.15, 0.2) is 0 Å². The SMILES string of the molecule is C.CC.CC.CC.CC.CC.CC.CC.CC.CC(C)C.CC(C)C.CC(C)c1ccc(C(C)C)cc1.CC(C)c1ccc(C(C)C)nc1.CC(C)c1ccc(C(C)C)nc1.CC(C)c1ccc(C(C)C)nn1.CC(C)c1cnc(C(C)C)cn1.CC(C)c1cnc(C(C)C)nc1.CC(C)c1cnc(C(C)C)nc1. The summed E-state index contributed by atoms with van der Waals surface area (Å²) in [5.74, 6) is 10.8. The summed E-state index contributed by atoms with van der Waals surface area (Å²) < 4.78 is 0. The molecule has 109 heavy (non-hydrogen) atoms. The van der Waals surface area contributed by atoms with Gasteiger partial charge in [0.1, 0.15) is 11.6 Å². The van der Waals surface area contributed by atoms with E-state index in [9.17, 15) is 0 Å². The van der Waals surface area contributed by atoms with E-state index in [1.54, 1.807) is 0 Å². The molecule has 0 unspecified atom stereocenters. The second kappa shape index (κ2) is 82.8. The summed E-state index contributed by atoms with van der Waals surface area (Å²) in [5, 5.41) is 8.30. The number of nitrogens with zero attached hydrogens (tertiary/aromatic N) is 10. The van der Waals surface area contributed by atoms with Gasteiger partial charge in [0.05, 0.1) is 22.8 Å². The maximum Gasteiger partial charge on any atom is 0.130 e. The number of pyridine rings is 2. The zero-order valence-corrected chi connectivity index (χ0v) is 81.1. The van der Waals surface area contributed by atoms with E-state index >= 15 is 0 Å². The minimum atomic E-state index is 0. The lowest BCUT2D eigenvalue weighted by atomic mass is 9.97. The fourth-order valence-electron chi connectivity index (χ4n) is 7.27. The van der Waals surface area contributed by atoms with Crippen LogP contribution in [-0.2, 0) is 0 Å². The van der Waals surface area contributed by atoms with Crippen LogP contribution >= 0.6 is 0 Å². The van der Waals surface area contributed by atoms with E-state index in [1.165, 1.54) is 44.8 Å². The number of hydrogen-bond acceptors (Lipinski definition) is 10. The molecule has 0 atom stereocenters. The molecule has 0 aliphatic carbocycles. The standard InChI is InChI=1S/C12H18.2C11H17N.4C10H16N2.2C4H10.8C2H6.CH4/c1-9(2)11-5-7-12(8-6-11)10(3)4;2*1-8(2)10-5-6-11(9(3)4)12-7-10;1-7(2)9-5-12-10(6-11-9)8(3)4;2*1-7(2)9-5-11-10(8(3)4)12-6-9;1-7(2)9-5-6-10(8(3)4)12-11-9;2*1-4(2)3;8*1-2;/h5-10H,1-4H3;2*5-9H,1-4H3;4*5-8H,1-4H3;2*4H,1-3H3;8*1-2H3;1H4. The van der Waals surface area contributed by atoms with Gasteiger partial charge in [-0.3, -0.25) is 19.9 Å². The zero-order valence-electron chi connectivity index (χ0n) is 81.1. The number of rotatable bonds is 14. The minimum absolute atomic E-state index is 0. The summed E-state index contributed by atoms with van der Waals surface area (Å²) in [5.41, 5.74) is 14.5. The lowest BCUT2D eigenvalue weighted by Gasteiger charge is -2.08. The molecule has 1 aromatic carbocycles. The van der Waals surface area contributed by atoms with Crippen LogP contribution in [0.5, 0.6) is 0 Å². The van der Waals surface area contributed by atoms with Crippen molar-refractivity contribution in [1.82, 2.24) is 50.1 Å². The Kier molecular flexibility index (Phi) is 96.1. The molecule has 0 bridgehead atoms. The predicted octanol–water partition coefficient (Wildman–Crippen LogP) is 33.7. The maximum atomic E-state index is 4.40. The van der Waals surface area contributed by atoms with Crippen LogP contribution in [0.3, 0.4) is 0 Å². The molecule has 0 N–H and O–H groups in total. The highest BCUT2D eigenvalue weighted by molar-refractivity contribution is 5.27. The van der Waals surface area contributed by atoms with Gasteiger partial charge >= 0.3 is 0 Å². The van der Waals surface area contributed by atoms with Crippen LogP contribution in [0, 0.1) is 11.8 Å². The summed E-state index contributed by atoms with van der Waals surface area (Å²) in [6.07, 6.45) is 15.4. The Hall–Kier alpha value is -6.16. The van der Waals surface area contributed by atoms with Crippen LogP contribution < -0.4 is 0 Å². The Morgan fingerprint density at radius 2 is 0.312 bits per heavy atom. The Balaban J connectivity index is -0.000000109. The van der Waals surface area contributed by atoms with E-state index in [0.717, 1.165) is 46.3 Å². The average molecular weight is 1520 g/mol. The largest absolute Gasteiger partial charge is 0.261 e. The maximum absolute atomic E-state index is 4.40. The highest BCUT2D eigenvalue weighted by Crippen LogP contribution is 2.22. The molecule has 0 fully saturated rings. The van der Waals surface area contributed by atoms with Crippen molar-refractivity contribution in [2.75, 3.05) is 0 Å². The topological polar surface area (TPSA) is 129 Å². The molecule has 0 saturated carbocycles. The lowest BCUT2D eigenvalue weighted by molar-refractivity contribution is 0.733. The molecule has 0 radical (unpaired) electrons. The summed E-state index contributed by atoms with van der Waals surface area (Å²) in [4.78, 5) is 34.6. The second-order valence-corrected chi connectivity index (χ2v) is 29.8. The van der Waals surface area contributed by atoms with Crippen molar-refractivity contribution in [1.29, 1.82) is 0 Å². The fraction of sp³-hybridized carbons (Fsp3) is 0.677. The van der Waals surface area contributed by atoms with E-state index in [1.807, 2.05) is 160 Å². The Morgan fingerprint density at radius 1 is 0.156 bits per heavy atom. The molecule has 6 aromatic heterocycles. The smallest absolute Gasteiger partial charge is 0.130 e. The predicted molar refractivity (Wildman–Crippen MR) is 499 cm³/mol. The molecule has 0 aliphatic heterocycles. The van der Waals surface area contributed by atoms with Gasteiger partial charge in [-0.25, -0.2) is 19.9 Å². The van der Waals surface area contributed by atoms with Crippen LogP contribution in [0.4, 0.5) is 0 Å². The van der Waals surface area contributed by atoms with Crippen LogP contribution in [0.25, 0.3) is 0 Å². The normalized spacial score (nSPS) is 9.71. The van der Waals surface area contributed by atoms with E-state index in [0.29, 0.717) is 82.9 Å². The van der Waals surface area contributed by atoms with Gasteiger partial charge in [0, 0.05) is 72.8 Å². The third kappa shape index (κ3) is 70.7. The molecule has 7 rings (SSSR count). The molecule has 10 nitrogen and oxygen atoms in total. The molecular weight excluding hydrogens is 1330 g/mol. The Labute approximate surface area is 683 Å². The molecule has 0 saturated heterocycles. The third-order valence-corrected chi connectivity index (χ3v) is 13.9. The van der Waals surface area contributed by atoms with Crippen LogP contribution in [0.1, 0.15) is 516 Å². The molecular formula is C99H188N10. The van der Waals surface area contributed by atoms with Crippen molar-refractivity contribution in [2.24, 2.45) is 11.8 Å². The monoisotopic (exact) mass is 1520 g/mol. The van der Waals surface area contributed by atoms with Crippen molar-refractivity contribution in [2.45, 2.75) is 436 Å². The molecule has 0 amide bonds. The highest BCUT2D eigenvalue weighted by Gasteiger charge is 2.09. The molecule has 10 heteroatoms. The first-order chi connectivity index (χ1) is 50.7. The Morgan fingerprint density at radius 3 is 0.440 bits per heavy atom. The van der Waals surface area contributed by atoms with Gasteiger partial charge in [0.2, 0.25) is 0 Å². The molecule has 7 aromatic rings.